The Morgan fingerprint density at radius 1 is 0.889 bits per heavy atom. The summed E-state index contributed by atoms with van der Waals surface area (Å²) in [6.45, 7) is 4.47. The van der Waals surface area contributed by atoms with Gasteiger partial charge in [-0.05, 0) is 35.8 Å². The van der Waals surface area contributed by atoms with Crippen molar-refractivity contribution < 1.29 is 0 Å². The van der Waals surface area contributed by atoms with Crippen LogP contribution in [0.2, 0.25) is 0 Å². The highest BCUT2D eigenvalue weighted by Gasteiger charge is 2.20. The van der Waals surface area contributed by atoms with Crippen molar-refractivity contribution in [3.05, 3.63) is 35.4 Å². The molecule has 0 spiro atoms. The van der Waals surface area contributed by atoms with Crippen LogP contribution in [0, 0.1) is 5.92 Å². The van der Waals surface area contributed by atoms with Gasteiger partial charge in [-0.2, -0.15) is 0 Å². The summed E-state index contributed by atoms with van der Waals surface area (Å²) in [5.74, 6) is 1.30. The first-order valence-corrected chi connectivity index (χ1v) is 7.54. The standard InChI is InChI=1S/C17H27N/c1-13(2)14-9-11-16(12-10-14)17(18)15-7-5-3-4-6-8-15/h9-13,15,17H,3-8,18H2,1-2H3. The van der Waals surface area contributed by atoms with Gasteiger partial charge in [-0.25, -0.2) is 0 Å². The van der Waals surface area contributed by atoms with Crippen LogP contribution in [0.15, 0.2) is 24.3 Å². The molecule has 0 aromatic heterocycles. The molecular weight excluding hydrogens is 218 g/mol. The Balaban J connectivity index is 2.05. The van der Waals surface area contributed by atoms with Crippen molar-refractivity contribution >= 4 is 0 Å². The number of hydrogen-bond donors (Lipinski definition) is 1. The van der Waals surface area contributed by atoms with Gasteiger partial charge in [0.25, 0.3) is 0 Å². The van der Waals surface area contributed by atoms with Crippen molar-refractivity contribution in [2.75, 3.05) is 0 Å². The molecule has 0 bridgehead atoms. The maximum absolute atomic E-state index is 6.47. The third-order valence-corrected chi connectivity index (χ3v) is 4.40. The third-order valence-electron chi connectivity index (χ3n) is 4.40. The van der Waals surface area contributed by atoms with Crippen molar-refractivity contribution in [1.29, 1.82) is 0 Å². The maximum Gasteiger partial charge on any atom is 0.0323 e. The normalized spacial score (nSPS) is 19.8. The predicted molar refractivity (Wildman–Crippen MR) is 78.7 cm³/mol. The smallest absolute Gasteiger partial charge is 0.0323 e. The number of hydrogen-bond acceptors (Lipinski definition) is 1. The molecule has 1 aliphatic rings. The van der Waals surface area contributed by atoms with E-state index in [1.165, 1.54) is 49.7 Å². The van der Waals surface area contributed by atoms with Crippen LogP contribution >= 0.6 is 0 Å². The highest BCUT2D eigenvalue weighted by Crippen LogP contribution is 2.32. The van der Waals surface area contributed by atoms with Crippen LogP contribution in [-0.2, 0) is 0 Å². The first-order chi connectivity index (χ1) is 8.68. The van der Waals surface area contributed by atoms with Gasteiger partial charge in [0.15, 0.2) is 0 Å². The van der Waals surface area contributed by atoms with Gasteiger partial charge in [0, 0.05) is 6.04 Å². The molecule has 1 aromatic rings. The Morgan fingerprint density at radius 3 is 1.89 bits per heavy atom. The fourth-order valence-corrected chi connectivity index (χ4v) is 3.05. The molecule has 100 valence electrons. The van der Waals surface area contributed by atoms with Gasteiger partial charge in [-0.1, -0.05) is 63.8 Å². The minimum absolute atomic E-state index is 0.240. The van der Waals surface area contributed by atoms with E-state index in [1.54, 1.807) is 0 Å². The molecule has 0 aliphatic heterocycles. The molecule has 1 aliphatic carbocycles. The zero-order valence-electron chi connectivity index (χ0n) is 11.9. The highest BCUT2D eigenvalue weighted by molar-refractivity contribution is 5.27. The molecule has 1 saturated carbocycles. The molecule has 0 radical (unpaired) electrons. The fraction of sp³-hybridized carbons (Fsp3) is 0.647. The Bertz CT molecular complexity index is 344. The molecule has 1 aromatic carbocycles. The molecule has 0 amide bonds. The van der Waals surface area contributed by atoms with Crippen molar-refractivity contribution in [3.8, 4) is 0 Å². The molecule has 1 heteroatoms. The summed E-state index contributed by atoms with van der Waals surface area (Å²) in [4.78, 5) is 0. The van der Waals surface area contributed by atoms with Crippen molar-refractivity contribution in [2.45, 2.75) is 64.3 Å². The number of benzene rings is 1. The van der Waals surface area contributed by atoms with E-state index in [1.807, 2.05) is 0 Å². The second-order valence-corrected chi connectivity index (χ2v) is 6.10. The second kappa shape index (κ2) is 6.38. The Hall–Kier alpha value is -0.820. The molecule has 18 heavy (non-hydrogen) atoms. The maximum atomic E-state index is 6.47. The first-order valence-electron chi connectivity index (χ1n) is 7.54. The molecular formula is C17H27N. The second-order valence-electron chi connectivity index (χ2n) is 6.10. The summed E-state index contributed by atoms with van der Waals surface area (Å²) in [6, 6.07) is 9.22. The molecule has 1 atom stereocenters. The largest absolute Gasteiger partial charge is 0.324 e. The van der Waals surface area contributed by atoms with Gasteiger partial charge in [0.1, 0.15) is 0 Å². The zero-order chi connectivity index (χ0) is 13.0. The van der Waals surface area contributed by atoms with Crippen LogP contribution < -0.4 is 5.73 Å². The van der Waals surface area contributed by atoms with Crippen LogP contribution in [0.5, 0.6) is 0 Å². The summed E-state index contributed by atoms with van der Waals surface area (Å²) in [6.07, 6.45) is 8.15. The molecule has 2 N–H and O–H groups in total. The number of nitrogens with two attached hydrogens (primary N) is 1. The fourth-order valence-electron chi connectivity index (χ4n) is 3.05. The average molecular weight is 245 g/mol. The van der Waals surface area contributed by atoms with Gasteiger partial charge in [0.2, 0.25) is 0 Å². The Morgan fingerprint density at radius 2 is 1.39 bits per heavy atom. The van der Waals surface area contributed by atoms with Crippen LogP contribution in [0.4, 0.5) is 0 Å². The van der Waals surface area contributed by atoms with E-state index in [0.717, 1.165) is 0 Å². The lowest BCUT2D eigenvalue weighted by Crippen LogP contribution is -2.21. The predicted octanol–water partition coefficient (Wildman–Crippen LogP) is 4.78. The summed E-state index contributed by atoms with van der Waals surface area (Å²) in [7, 11) is 0. The molecule has 0 saturated heterocycles. The van der Waals surface area contributed by atoms with Crippen LogP contribution in [0.25, 0.3) is 0 Å². The van der Waals surface area contributed by atoms with Crippen molar-refractivity contribution in [1.82, 2.24) is 0 Å². The van der Waals surface area contributed by atoms with Crippen LogP contribution in [0.3, 0.4) is 0 Å². The topological polar surface area (TPSA) is 26.0 Å². The van der Waals surface area contributed by atoms with E-state index in [2.05, 4.69) is 38.1 Å². The van der Waals surface area contributed by atoms with Gasteiger partial charge >= 0.3 is 0 Å². The first kappa shape index (κ1) is 13.6. The van der Waals surface area contributed by atoms with E-state index < -0.39 is 0 Å². The quantitative estimate of drug-likeness (QED) is 0.762. The zero-order valence-corrected chi connectivity index (χ0v) is 11.9. The van der Waals surface area contributed by atoms with E-state index in [0.29, 0.717) is 11.8 Å². The summed E-state index contributed by atoms with van der Waals surface area (Å²) < 4.78 is 0. The lowest BCUT2D eigenvalue weighted by Gasteiger charge is -2.23. The van der Waals surface area contributed by atoms with Crippen LogP contribution in [0.1, 0.15) is 75.5 Å². The minimum Gasteiger partial charge on any atom is -0.324 e. The molecule has 1 unspecified atom stereocenters. The van der Waals surface area contributed by atoms with E-state index in [-0.39, 0.29) is 6.04 Å². The van der Waals surface area contributed by atoms with Crippen molar-refractivity contribution in [2.24, 2.45) is 11.7 Å². The van der Waals surface area contributed by atoms with Crippen LogP contribution in [-0.4, -0.2) is 0 Å². The lowest BCUT2D eigenvalue weighted by atomic mass is 9.87. The van der Waals surface area contributed by atoms with E-state index in [4.69, 9.17) is 5.73 Å². The van der Waals surface area contributed by atoms with Gasteiger partial charge in [-0.3, -0.25) is 0 Å². The molecule has 1 fully saturated rings. The average Bonchev–Trinajstić information content (AvgIpc) is 2.67. The Labute approximate surface area is 112 Å². The highest BCUT2D eigenvalue weighted by atomic mass is 14.7. The molecule has 1 nitrogen and oxygen atoms in total. The monoisotopic (exact) mass is 245 g/mol. The number of rotatable bonds is 3. The summed E-state index contributed by atoms with van der Waals surface area (Å²) in [5.41, 5.74) is 9.20. The van der Waals surface area contributed by atoms with E-state index >= 15 is 0 Å². The molecule has 0 heterocycles. The third kappa shape index (κ3) is 3.35. The minimum atomic E-state index is 0.240. The van der Waals surface area contributed by atoms with Gasteiger partial charge in [-0.15, -0.1) is 0 Å². The molecule has 2 rings (SSSR count). The van der Waals surface area contributed by atoms with Gasteiger partial charge in [0.05, 0.1) is 0 Å². The SMILES string of the molecule is CC(C)c1ccc(C(N)C2CCCCCC2)cc1. The summed E-state index contributed by atoms with van der Waals surface area (Å²) >= 11 is 0. The Kier molecular flexibility index (Phi) is 4.82. The lowest BCUT2D eigenvalue weighted by molar-refractivity contribution is 0.382. The van der Waals surface area contributed by atoms with Gasteiger partial charge < -0.3 is 5.73 Å². The van der Waals surface area contributed by atoms with Crippen molar-refractivity contribution in [3.63, 3.8) is 0 Å². The van der Waals surface area contributed by atoms with E-state index in [9.17, 15) is 0 Å². The summed E-state index contributed by atoms with van der Waals surface area (Å²) in [5, 5.41) is 0.